The van der Waals surface area contributed by atoms with Gasteiger partial charge in [-0.1, -0.05) is 13.8 Å². The molecule has 0 radical (unpaired) electrons. The number of amides is 2. The molecular weight excluding hydrogens is 496 g/mol. The van der Waals surface area contributed by atoms with Gasteiger partial charge in [-0.25, -0.2) is 4.79 Å². The Morgan fingerprint density at radius 3 is 2.65 bits per heavy atom. The number of hydrogen-bond acceptors (Lipinski definition) is 8. The number of thioether (sulfide) groups is 1. The number of Topliss-reactive ketones (excluding diaryl/α,β-unsaturated/α-hetero) is 2. The number of nitrogens with one attached hydrogen (secondary N) is 2. The highest BCUT2D eigenvalue weighted by atomic mass is 32.2. The smallest absolute Gasteiger partial charge is 0.353 e. The van der Waals surface area contributed by atoms with Crippen molar-refractivity contribution in [2.75, 3.05) is 33.2 Å². The van der Waals surface area contributed by atoms with Crippen molar-refractivity contribution in [1.82, 2.24) is 20.4 Å². The Bertz CT molecular complexity index is 1020. The predicted molar refractivity (Wildman–Crippen MR) is 138 cm³/mol. The summed E-state index contributed by atoms with van der Waals surface area (Å²) in [4.78, 5) is 65.8. The van der Waals surface area contributed by atoms with Gasteiger partial charge in [-0.15, -0.1) is 11.8 Å². The van der Waals surface area contributed by atoms with Crippen LogP contribution in [0, 0.1) is 23.7 Å². The second-order valence-electron chi connectivity index (χ2n) is 11.1. The third kappa shape index (κ3) is 5.49. The third-order valence-corrected chi connectivity index (χ3v) is 9.70. The molecule has 0 aromatic carbocycles. The first-order valence-electron chi connectivity index (χ1n) is 13.2. The van der Waals surface area contributed by atoms with E-state index in [2.05, 4.69) is 10.6 Å². The number of carbonyl (C=O) groups excluding carboxylic acids is 4. The maximum atomic E-state index is 13.2. The minimum absolute atomic E-state index is 0.0123. The van der Waals surface area contributed by atoms with Gasteiger partial charge in [-0.2, -0.15) is 0 Å². The number of carboxylic acid groups (broad SMARTS) is 1. The van der Waals surface area contributed by atoms with Crippen LogP contribution < -0.4 is 10.6 Å². The van der Waals surface area contributed by atoms with Gasteiger partial charge in [0, 0.05) is 48.5 Å². The summed E-state index contributed by atoms with van der Waals surface area (Å²) in [5, 5.41) is 16.2. The van der Waals surface area contributed by atoms with Crippen LogP contribution in [0.15, 0.2) is 10.6 Å². The van der Waals surface area contributed by atoms with Crippen LogP contribution >= 0.6 is 11.8 Å². The van der Waals surface area contributed by atoms with E-state index in [0.29, 0.717) is 50.3 Å². The molecule has 7 atom stereocenters. The standard InChI is InChI=1S/C26H38N4O6S/c1-13(7-14(2)31)20-21-15(3)23(22(26(35)36)30(21)25(20)34)37-18-9-19(28-11-18)24(33)29-6-5-16(12-29)8-17(32)10-27-4/h13,15-16,18-21,27-28H,5-12H2,1-4H3,(H,35,36)/t13-,15+,16-,18-,19-,20+,21+/m0/s1. The van der Waals surface area contributed by atoms with Crippen molar-refractivity contribution in [2.45, 2.75) is 63.8 Å². The van der Waals surface area contributed by atoms with E-state index >= 15 is 0 Å². The Morgan fingerprint density at radius 1 is 1.27 bits per heavy atom. The molecule has 37 heavy (non-hydrogen) atoms. The van der Waals surface area contributed by atoms with Crippen molar-refractivity contribution in [2.24, 2.45) is 23.7 Å². The highest BCUT2D eigenvalue weighted by Gasteiger charge is 2.60. The van der Waals surface area contributed by atoms with Crippen LogP contribution in [0.2, 0.25) is 0 Å². The zero-order valence-electron chi connectivity index (χ0n) is 22.0. The molecule has 0 bridgehead atoms. The lowest BCUT2D eigenvalue weighted by Gasteiger charge is -2.47. The minimum atomic E-state index is -1.11. The fourth-order valence-electron chi connectivity index (χ4n) is 6.52. The molecule has 0 unspecified atom stereocenters. The molecule has 2 amide bonds. The van der Waals surface area contributed by atoms with Crippen LogP contribution in [0.1, 0.15) is 46.5 Å². The predicted octanol–water partition coefficient (Wildman–Crippen LogP) is 0.865. The summed E-state index contributed by atoms with van der Waals surface area (Å²) in [6.45, 7) is 7.51. The van der Waals surface area contributed by atoms with Gasteiger partial charge in [0.05, 0.1) is 24.5 Å². The first-order chi connectivity index (χ1) is 17.5. The quantitative estimate of drug-likeness (QED) is 0.330. The molecular formula is C26H38N4O6S. The number of likely N-dealkylation sites (tertiary alicyclic amines) is 1. The van der Waals surface area contributed by atoms with Gasteiger partial charge in [0.25, 0.3) is 0 Å². The molecule has 4 rings (SSSR count). The van der Waals surface area contributed by atoms with Crippen molar-refractivity contribution in [3.8, 4) is 0 Å². The Balaban J connectivity index is 1.37. The molecule has 0 aromatic heterocycles. The van der Waals surface area contributed by atoms with Crippen molar-refractivity contribution < 1.29 is 29.1 Å². The number of β-lactam (4-membered cyclic amide) rings is 1. The number of rotatable bonds is 11. The number of carboxylic acids is 1. The Kier molecular flexibility index (Phi) is 8.45. The summed E-state index contributed by atoms with van der Waals surface area (Å²) in [5.41, 5.74) is 0.0576. The molecule has 0 aromatic rings. The largest absolute Gasteiger partial charge is 0.477 e. The molecule has 3 saturated heterocycles. The number of likely N-dealkylation sites (N-methyl/N-ethyl adjacent to an activating group) is 1. The molecule has 4 aliphatic heterocycles. The van der Waals surface area contributed by atoms with E-state index in [4.69, 9.17) is 0 Å². The van der Waals surface area contributed by atoms with Crippen molar-refractivity contribution in [3.05, 3.63) is 10.6 Å². The fourth-order valence-corrected chi connectivity index (χ4v) is 8.00. The molecule has 4 aliphatic rings. The van der Waals surface area contributed by atoms with Gasteiger partial charge in [0.1, 0.15) is 17.3 Å². The number of aliphatic carboxylic acids is 1. The van der Waals surface area contributed by atoms with Gasteiger partial charge in [-0.3, -0.25) is 14.4 Å². The molecule has 4 heterocycles. The lowest BCUT2D eigenvalue weighted by Crippen LogP contribution is -2.62. The summed E-state index contributed by atoms with van der Waals surface area (Å²) >= 11 is 1.47. The lowest BCUT2D eigenvalue weighted by molar-refractivity contribution is -0.160. The SMILES string of the molecule is CNCC(=O)C[C@@H]1CCN(C(=O)[C@@H]2C[C@H](SC3=C(C(=O)O)N4C(=O)[C@H]([C@@H](C)CC(C)=O)[C@H]4[C@H]3C)CN2)C1. The second kappa shape index (κ2) is 11.2. The number of nitrogens with zero attached hydrogens (tertiary/aromatic N) is 2. The van der Waals surface area contributed by atoms with Gasteiger partial charge in [0.2, 0.25) is 11.8 Å². The summed E-state index contributed by atoms with van der Waals surface area (Å²) in [7, 11) is 1.75. The monoisotopic (exact) mass is 534 g/mol. The second-order valence-corrected chi connectivity index (χ2v) is 12.4. The Hall–Kier alpha value is -2.24. The zero-order chi connectivity index (χ0) is 27.0. The van der Waals surface area contributed by atoms with E-state index in [0.717, 1.165) is 6.42 Å². The van der Waals surface area contributed by atoms with E-state index in [1.165, 1.54) is 23.6 Å². The minimum Gasteiger partial charge on any atom is -0.477 e. The van der Waals surface area contributed by atoms with Crippen LogP contribution in [-0.4, -0.2) is 94.8 Å². The van der Waals surface area contributed by atoms with Gasteiger partial charge < -0.3 is 30.3 Å². The van der Waals surface area contributed by atoms with E-state index in [9.17, 15) is 29.1 Å². The van der Waals surface area contributed by atoms with Crippen molar-refractivity contribution in [3.63, 3.8) is 0 Å². The van der Waals surface area contributed by atoms with Gasteiger partial charge in [0.15, 0.2) is 0 Å². The van der Waals surface area contributed by atoms with E-state index < -0.39 is 5.97 Å². The average Bonchev–Trinajstić information content (AvgIpc) is 3.52. The summed E-state index contributed by atoms with van der Waals surface area (Å²) in [5.74, 6) is -1.55. The molecule has 3 N–H and O–H groups in total. The lowest BCUT2D eigenvalue weighted by atomic mass is 9.73. The number of ketones is 2. The number of hydrogen-bond donors (Lipinski definition) is 3. The maximum absolute atomic E-state index is 13.2. The van der Waals surface area contributed by atoms with Crippen LogP contribution in [0.5, 0.6) is 0 Å². The van der Waals surface area contributed by atoms with Gasteiger partial charge in [-0.05, 0) is 38.6 Å². The normalized spacial score (nSPS) is 31.9. The highest BCUT2D eigenvalue weighted by molar-refractivity contribution is 8.03. The van der Waals surface area contributed by atoms with Gasteiger partial charge >= 0.3 is 5.97 Å². The van der Waals surface area contributed by atoms with E-state index in [1.807, 2.05) is 18.7 Å². The molecule has 0 aliphatic carbocycles. The summed E-state index contributed by atoms with van der Waals surface area (Å²) < 4.78 is 0. The zero-order valence-corrected chi connectivity index (χ0v) is 22.8. The Morgan fingerprint density at radius 2 is 2.00 bits per heavy atom. The molecule has 0 saturated carbocycles. The van der Waals surface area contributed by atoms with E-state index in [-0.39, 0.29) is 70.1 Å². The Labute approximate surface area is 221 Å². The molecule has 11 heteroatoms. The van der Waals surface area contributed by atoms with Crippen LogP contribution in [-0.2, 0) is 24.0 Å². The first kappa shape index (κ1) is 27.8. The van der Waals surface area contributed by atoms with Crippen LogP contribution in [0.4, 0.5) is 0 Å². The fraction of sp³-hybridized carbons (Fsp3) is 0.731. The third-order valence-electron chi connectivity index (χ3n) is 8.18. The molecule has 204 valence electrons. The maximum Gasteiger partial charge on any atom is 0.353 e. The summed E-state index contributed by atoms with van der Waals surface area (Å²) in [6, 6.07) is -0.578. The highest BCUT2D eigenvalue weighted by Crippen LogP contribution is 2.53. The van der Waals surface area contributed by atoms with Crippen molar-refractivity contribution in [1.29, 1.82) is 0 Å². The first-order valence-corrected chi connectivity index (χ1v) is 14.1. The van der Waals surface area contributed by atoms with Crippen LogP contribution in [0.3, 0.4) is 0 Å². The summed E-state index contributed by atoms with van der Waals surface area (Å²) in [6.07, 6.45) is 2.19. The van der Waals surface area contributed by atoms with Crippen molar-refractivity contribution >= 4 is 41.1 Å². The van der Waals surface area contributed by atoms with E-state index in [1.54, 1.807) is 7.05 Å². The number of carbonyl (C=O) groups is 5. The van der Waals surface area contributed by atoms with Crippen LogP contribution in [0.25, 0.3) is 0 Å². The topological polar surface area (TPSA) is 136 Å². The number of fused-ring (bicyclic) bond motifs is 1. The molecule has 3 fully saturated rings. The molecule has 0 spiro atoms. The average molecular weight is 535 g/mol. The molecule has 10 nitrogen and oxygen atoms in total.